The highest BCUT2D eigenvalue weighted by Crippen LogP contribution is 2.10. The highest BCUT2D eigenvalue weighted by molar-refractivity contribution is 7.91. The van der Waals surface area contributed by atoms with Gasteiger partial charge in [-0.05, 0) is 37.1 Å². The van der Waals surface area contributed by atoms with Crippen LogP contribution < -0.4 is 5.73 Å². The molecule has 0 atom stereocenters. The molecule has 1 aromatic carbocycles. The Morgan fingerprint density at radius 3 is 2.61 bits per heavy atom. The van der Waals surface area contributed by atoms with Crippen molar-refractivity contribution in [3.63, 3.8) is 0 Å². The third-order valence-electron chi connectivity index (χ3n) is 3.33. The first-order chi connectivity index (χ1) is 8.55. The van der Waals surface area contributed by atoms with Gasteiger partial charge in [0, 0.05) is 18.8 Å². The van der Waals surface area contributed by atoms with Gasteiger partial charge in [0.25, 0.3) is 0 Å². The number of nitrogens with two attached hydrogens (primary N) is 1. The van der Waals surface area contributed by atoms with Crippen LogP contribution in [0.4, 0.5) is 5.69 Å². The lowest BCUT2D eigenvalue weighted by atomic mass is 10.1. The van der Waals surface area contributed by atoms with Crippen LogP contribution in [0, 0.1) is 0 Å². The molecule has 18 heavy (non-hydrogen) atoms. The van der Waals surface area contributed by atoms with Crippen LogP contribution in [-0.4, -0.2) is 44.5 Å². The van der Waals surface area contributed by atoms with E-state index in [1.165, 1.54) is 5.56 Å². The molecule has 1 aliphatic heterocycles. The lowest BCUT2D eigenvalue weighted by molar-refractivity contribution is 0.292. The molecule has 5 heteroatoms. The van der Waals surface area contributed by atoms with Gasteiger partial charge >= 0.3 is 0 Å². The van der Waals surface area contributed by atoms with Crippen molar-refractivity contribution in [2.75, 3.05) is 36.9 Å². The maximum absolute atomic E-state index is 11.3. The Labute approximate surface area is 109 Å². The summed E-state index contributed by atoms with van der Waals surface area (Å²) in [7, 11) is -2.76. The van der Waals surface area contributed by atoms with Gasteiger partial charge in [0.2, 0.25) is 0 Å². The van der Waals surface area contributed by atoms with Gasteiger partial charge in [-0.15, -0.1) is 0 Å². The summed E-state index contributed by atoms with van der Waals surface area (Å²) in [4.78, 5) is 2.23. The molecule has 2 N–H and O–H groups in total. The van der Waals surface area contributed by atoms with Crippen LogP contribution >= 0.6 is 0 Å². The monoisotopic (exact) mass is 268 g/mol. The van der Waals surface area contributed by atoms with Crippen LogP contribution in [0.15, 0.2) is 24.3 Å². The summed E-state index contributed by atoms with van der Waals surface area (Å²) in [5.41, 5.74) is 7.78. The molecule has 0 spiro atoms. The molecule has 0 bridgehead atoms. The molecular weight excluding hydrogens is 248 g/mol. The molecule has 100 valence electrons. The van der Waals surface area contributed by atoms with Crippen LogP contribution in [0.2, 0.25) is 0 Å². The van der Waals surface area contributed by atoms with Gasteiger partial charge in [0.1, 0.15) is 0 Å². The number of anilines is 1. The first-order valence-electron chi connectivity index (χ1n) is 6.32. The fourth-order valence-corrected chi connectivity index (χ4v) is 3.51. The SMILES string of the molecule is Nc1cccc(CCCN2CCS(=O)(=O)CC2)c1. The van der Waals surface area contributed by atoms with E-state index in [1.807, 2.05) is 18.2 Å². The van der Waals surface area contributed by atoms with E-state index in [1.54, 1.807) is 0 Å². The normalized spacial score (nSPS) is 19.8. The summed E-state index contributed by atoms with van der Waals surface area (Å²) in [6, 6.07) is 7.94. The fraction of sp³-hybridized carbons (Fsp3) is 0.538. The van der Waals surface area contributed by atoms with E-state index in [2.05, 4.69) is 11.0 Å². The number of nitrogens with zero attached hydrogens (tertiary/aromatic N) is 1. The van der Waals surface area contributed by atoms with Crippen molar-refractivity contribution in [1.82, 2.24) is 4.90 Å². The van der Waals surface area contributed by atoms with E-state index < -0.39 is 9.84 Å². The van der Waals surface area contributed by atoms with Gasteiger partial charge in [-0.1, -0.05) is 12.1 Å². The van der Waals surface area contributed by atoms with Crippen molar-refractivity contribution < 1.29 is 8.42 Å². The molecule has 0 amide bonds. The maximum atomic E-state index is 11.3. The molecule has 4 nitrogen and oxygen atoms in total. The standard InChI is InChI=1S/C13H20N2O2S/c14-13-5-1-3-12(11-13)4-2-6-15-7-9-18(16,17)10-8-15/h1,3,5,11H,2,4,6-10,14H2. The molecule has 0 aliphatic carbocycles. The predicted molar refractivity (Wildman–Crippen MR) is 74.3 cm³/mol. The molecule has 0 saturated carbocycles. The van der Waals surface area contributed by atoms with Crippen LogP contribution in [0.25, 0.3) is 0 Å². The third-order valence-corrected chi connectivity index (χ3v) is 4.94. The number of hydrogen-bond donors (Lipinski definition) is 1. The lowest BCUT2D eigenvalue weighted by Crippen LogP contribution is -2.40. The van der Waals surface area contributed by atoms with Crippen molar-refractivity contribution in [3.8, 4) is 0 Å². The first kappa shape index (κ1) is 13.4. The number of hydrogen-bond acceptors (Lipinski definition) is 4. The molecule has 0 aromatic heterocycles. The van der Waals surface area contributed by atoms with Gasteiger partial charge in [0.15, 0.2) is 9.84 Å². The lowest BCUT2D eigenvalue weighted by Gasteiger charge is -2.26. The maximum Gasteiger partial charge on any atom is 0.152 e. The average molecular weight is 268 g/mol. The molecule has 1 saturated heterocycles. The Kier molecular flexibility index (Phi) is 4.24. The van der Waals surface area contributed by atoms with Crippen LogP contribution in [0.5, 0.6) is 0 Å². The summed E-state index contributed by atoms with van der Waals surface area (Å²) in [6.07, 6.45) is 2.04. The first-order valence-corrected chi connectivity index (χ1v) is 8.14. The van der Waals surface area contributed by atoms with Crippen LogP contribution in [-0.2, 0) is 16.3 Å². The zero-order valence-electron chi connectivity index (χ0n) is 10.5. The number of benzene rings is 1. The Bertz CT molecular complexity index is 485. The molecule has 0 unspecified atom stereocenters. The number of sulfone groups is 1. The van der Waals surface area contributed by atoms with E-state index in [-0.39, 0.29) is 0 Å². The average Bonchev–Trinajstić information content (AvgIpc) is 2.31. The minimum absolute atomic E-state index is 0.311. The summed E-state index contributed by atoms with van der Waals surface area (Å²) < 4.78 is 22.6. The quantitative estimate of drug-likeness (QED) is 0.825. The third kappa shape index (κ3) is 3.99. The van der Waals surface area contributed by atoms with Gasteiger partial charge in [-0.2, -0.15) is 0 Å². The minimum Gasteiger partial charge on any atom is -0.399 e. The second-order valence-electron chi connectivity index (χ2n) is 4.84. The molecule has 1 aliphatic rings. The molecule has 0 radical (unpaired) electrons. The molecule has 1 aromatic rings. The van der Waals surface area contributed by atoms with Crippen molar-refractivity contribution in [2.45, 2.75) is 12.8 Å². The second kappa shape index (κ2) is 5.71. The Morgan fingerprint density at radius 2 is 1.94 bits per heavy atom. The van der Waals surface area contributed by atoms with Crippen molar-refractivity contribution >= 4 is 15.5 Å². The Balaban J connectivity index is 1.73. The summed E-state index contributed by atoms with van der Waals surface area (Å²) in [5, 5.41) is 0. The van der Waals surface area contributed by atoms with E-state index in [0.717, 1.165) is 25.1 Å². The molecule has 1 heterocycles. The van der Waals surface area contributed by atoms with Crippen LogP contribution in [0.3, 0.4) is 0 Å². The fourth-order valence-electron chi connectivity index (χ4n) is 2.23. The number of rotatable bonds is 4. The zero-order valence-corrected chi connectivity index (χ0v) is 11.3. The van der Waals surface area contributed by atoms with E-state index in [4.69, 9.17) is 5.73 Å². The van der Waals surface area contributed by atoms with Crippen LogP contribution in [0.1, 0.15) is 12.0 Å². The highest BCUT2D eigenvalue weighted by atomic mass is 32.2. The number of nitrogen functional groups attached to an aromatic ring is 1. The smallest absolute Gasteiger partial charge is 0.152 e. The second-order valence-corrected chi connectivity index (χ2v) is 7.15. The van der Waals surface area contributed by atoms with E-state index in [0.29, 0.717) is 24.6 Å². The summed E-state index contributed by atoms with van der Waals surface area (Å²) >= 11 is 0. The predicted octanol–water partition coefficient (Wildman–Crippen LogP) is 0.932. The summed E-state index contributed by atoms with van der Waals surface area (Å²) in [6.45, 7) is 2.32. The van der Waals surface area contributed by atoms with Gasteiger partial charge in [-0.25, -0.2) is 8.42 Å². The van der Waals surface area contributed by atoms with Crippen molar-refractivity contribution in [1.29, 1.82) is 0 Å². The number of aryl methyl sites for hydroxylation is 1. The van der Waals surface area contributed by atoms with Gasteiger partial charge in [-0.3, -0.25) is 0 Å². The highest BCUT2D eigenvalue weighted by Gasteiger charge is 2.20. The summed E-state index contributed by atoms with van der Waals surface area (Å²) in [5.74, 6) is 0.622. The van der Waals surface area contributed by atoms with Crippen molar-refractivity contribution in [2.24, 2.45) is 0 Å². The Hall–Kier alpha value is -1.07. The van der Waals surface area contributed by atoms with Gasteiger partial charge in [0.05, 0.1) is 11.5 Å². The Morgan fingerprint density at radius 1 is 1.22 bits per heavy atom. The largest absolute Gasteiger partial charge is 0.399 e. The minimum atomic E-state index is -2.76. The van der Waals surface area contributed by atoms with E-state index in [9.17, 15) is 8.42 Å². The topological polar surface area (TPSA) is 63.4 Å². The molecular formula is C13H20N2O2S. The van der Waals surface area contributed by atoms with Gasteiger partial charge < -0.3 is 10.6 Å². The molecule has 1 fully saturated rings. The zero-order chi connectivity index (χ0) is 13.0. The van der Waals surface area contributed by atoms with E-state index >= 15 is 0 Å². The molecule has 2 rings (SSSR count). The van der Waals surface area contributed by atoms with Crippen molar-refractivity contribution in [3.05, 3.63) is 29.8 Å².